The van der Waals surface area contributed by atoms with Gasteiger partial charge in [-0.2, -0.15) is 0 Å². The van der Waals surface area contributed by atoms with Crippen LogP contribution in [0, 0.1) is 5.92 Å². The molecule has 0 fully saturated rings. The quantitative estimate of drug-likeness (QED) is 0.224. The Morgan fingerprint density at radius 2 is 1.63 bits per heavy atom. The van der Waals surface area contributed by atoms with Crippen LogP contribution >= 0.6 is 15.9 Å². The molecule has 38 heavy (non-hydrogen) atoms. The van der Waals surface area contributed by atoms with Crippen molar-refractivity contribution in [1.82, 2.24) is 5.32 Å². The number of anilines is 1. The lowest BCUT2D eigenvalue weighted by molar-refractivity contribution is -0.119. The Balaban J connectivity index is 1.49. The molecule has 4 rings (SSSR count). The zero-order valence-corrected chi connectivity index (χ0v) is 23.8. The summed E-state index contributed by atoms with van der Waals surface area (Å²) < 4.78 is 34.6. The highest BCUT2D eigenvalue weighted by Gasteiger charge is 2.27. The normalized spacial score (nSPS) is 12.2. The monoisotopic (exact) mass is 594 g/mol. The summed E-state index contributed by atoms with van der Waals surface area (Å²) in [4.78, 5) is 13.2. The van der Waals surface area contributed by atoms with Crippen LogP contribution in [0.25, 0.3) is 10.8 Å². The van der Waals surface area contributed by atoms with Gasteiger partial charge in [-0.1, -0.05) is 65.3 Å². The van der Waals surface area contributed by atoms with Crippen LogP contribution in [0.3, 0.4) is 0 Å². The third-order valence-electron chi connectivity index (χ3n) is 6.22. The molecule has 0 radical (unpaired) electrons. The molecule has 0 spiro atoms. The fourth-order valence-electron chi connectivity index (χ4n) is 4.32. The van der Waals surface area contributed by atoms with Crippen LogP contribution in [0.2, 0.25) is 0 Å². The molecular formula is C30H31BrN2O4S. The van der Waals surface area contributed by atoms with Crippen LogP contribution in [-0.4, -0.2) is 34.0 Å². The Labute approximate surface area is 232 Å². The number of rotatable bonds is 11. The van der Waals surface area contributed by atoms with Crippen molar-refractivity contribution in [1.29, 1.82) is 0 Å². The number of ether oxygens (including phenoxy) is 1. The third kappa shape index (κ3) is 6.74. The second-order valence-electron chi connectivity index (χ2n) is 9.14. The lowest BCUT2D eigenvalue weighted by atomic mass is 9.96. The second-order valence-corrected chi connectivity index (χ2v) is 11.9. The van der Waals surface area contributed by atoms with Gasteiger partial charge in [-0.3, -0.25) is 9.10 Å². The standard InChI is InChI=1S/C30H31BrN2O4S/c1-3-37-27-15-13-26(14-16-27)33(38(35,36)28-17-11-25(31)12-18-28)21-30(34)32-20-22(2)19-24-9-6-8-23-7-4-5-10-29(23)24/h4-18,22H,3,19-21H2,1-2H3,(H,32,34). The summed E-state index contributed by atoms with van der Waals surface area (Å²) in [7, 11) is -3.99. The maximum Gasteiger partial charge on any atom is 0.264 e. The van der Waals surface area contributed by atoms with Gasteiger partial charge in [-0.15, -0.1) is 0 Å². The van der Waals surface area contributed by atoms with Gasteiger partial charge < -0.3 is 10.1 Å². The number of benzene rings is 4. The molecule has 0 heterocycles. The van der Waals surface area contributed by atoms with Crippen molar-refractivity contribution in [2.75, 3.05) is 24.0 Å². The minimum absolute atomic E-state index is 0.103. The first-order valence-corrected chi connectivity index (χ1v) is 14.8. The molecule has 0 bridgehead atoms. The number of fused-ring (bicyclic) bond motifs is 1. The van der Waals surface area contributed by atoms with Gasteiger partial charge in [0.1, 0.15) is 12.3 Å². The number of amides is 1. The molecule has 8 heteroatoms. The number of hydrogen-bond acceptors (Lipinski definition) is 4. The third-order valence-corrected chi connectivity index (χ3v) is 8.54. The van der Waals surface area contributed by atoms with Gasteiger partial charge in [0.2, 0.25) is 5.91 Å². The first-order valence-electron chi connectivity index (χ1n) is 12.5. The summed E-state index contributed by atoms with van der Waals surface area (Å²) in [5.41, 5.74) is 1.61. The number of carbonyl (C=O) groups is 1. The molecule has 0 saturated carbocycles. The van der Waals surface area contributed by atoms with E-state index in [9.17, 15) is 13.2 Å². The molecule has 6 nitrogen and oxygen atoms in total. The van der Waals surface area contributed by atoms with E-state index < -0.39 is 10.0 Å². The highest BCUT2D eigenvalue weighted by molar-refractivity contribution is 9.10. The number of nitrogens with zero attached hydrogens (tertiary/aromatic N) is 1. The van der Waals surface area contributed by atoms with Crippen molar-refractivity contribution < 1.29 is 17.9 Å². The molecule has 0 aliphatic heterocycles. The molecule has 1 N–H and O–H groups in total. The zero-order chi connectivity index (χ0) is 27.1. The summed E-state index contributed by atoms with van der Waals surface area (Å²) in [6.45, 7) is 4.54. The molecule has 1 amide bonds. The average molecular weight is 596 g/mol. The molecule has 0 saturated heterocycles. The van der Waals surface area contributed by atoms with Crippen molar-refractivity contribution >= 4 is 48.3 Å². The molecule has 1 atom stereocenters. The van der Waals surface area contributed by atoms with E-state index in [0.29, 0.717) is 24.6 Å². The maximum atomic E-state index is 13.6. The second kappa shape index (κ2) is 12.5. The summed E-state index contributed by atoms with van der Waals surface area (Å²) >= 11 is 3.34. The van der Waals surface area contributed by atoms with Crippen LogP contribution in [0.4, 0.5) is 5.69 Å². The number of nitrogens with one attached hydrogen (secondary N) is 1. The van der Waals surface area contributed by atoms with Crippen molar-refractivity contribution in [2.45, 2.75) is 25.2 Å². The minimum atomic E-state index is -3.99. The Hall–Kier alpha value is -3.36. The van der Waals surface area contributed by atoms with Crippen molar-refractivity contribution in [3.63, 3.8) is 0 Å². The average Bonchev–Trinajstić information content (AvgIpc) is 2.92. The van der Waals surface area contributed by atoms with Crippen LogP contribution in [-0.2, 0) is 21.2 Å². The maximum absolute atomic E-state index is 13.6. The number of hydrogen-bond donors (Lipinski definition) is 1. The summed E-state index contributed by atoms with van der Waals surface area (Å²) in [6.07, 6.45) is 0.793. The highest BCUT2D eigenvalue weighted by atomic mass is 79.9. The Morgan fingerprint density at radius 3 is 2.34 bits per heavy atom. The molecular weight excluding hydrogens is 564 g/mol. The smallest absolute Gasteiger partial charge is 0.264 e. The molecule has 4 aromatic carbocycles. The van der Waals surface area contributed by atoms with Gasteiger partial charge in [0.05, 0.1) is 17.2 Å². The number of sulfonamides is 1. The molecule has 1 unspecified atom stereocenters. The zero-order valence-electron chi connectivity index (χ0n) is 21.4. The molecule has 0 aliphatic rings. The van der Waals surface area contributed by atoms with Gasteiger partial charge in [0.15, 0.2) is 0 Å². The summed E-state index contributed by atoms with van der Waals surface area (Å²) in [5, 5.41) is 5.33. The van der Waals surface area contributed by atoms with Crippen molar-refractivity contribution in [3.05, 3.63) is 101 Å². The fraction of sp³-hybridized carbons (Fsp3) is 0.233. The van der Waals surface area contributed by atoms with Crippen LogP contribution in [0.1, 0.15) is 19.4 Å². The predicted octanol–water partition coefficient (Wildman–Crippen LogP) is 6.19. The Kier molecular flexibility index (Phi) is 9.07. The van der Waals surface area contributed by atoms with Gasteiger partial charge in [-0.05, 0) is 84.1 Å². The van der Waals surface area contributed by atoms with E-state index in [-0.39, 0.29) is 23.3 Å². The molecule has 0 aliphatic carbocycles. The van der Waals surface area contributed by atoms with Crippen molar-refractivity contribution in [3.8, 4) is 5.75 Å². The lowest BCUT2D eigenvalue weighted by Gasteiger charge is -2.25. The first kappa shape index (κ1) is 27.7. The van der Waals surface area contributed by atoms with Crippen molar-refractivity contribution in [2.24, 2.45) is 5.92 Å². The van der Waals surface area contributed by atoms with E-state index in [0.717, 1.165) is 15.2 Å². The predicted molar refractivity (Wildman–Crippen MR) is 156 cm³/mol. The van der Waals surface area contributed by atoms with E-state index in [1.54, 1.807) is 36.4 Å². The topological polar surface area (TPSA) is 75.7 Å². The largest absolute Gasteiger partial charge is 0.494 e. The van der Waals surface area contributed by atoms with Gasteiger partial charge in [0.25, 0.3) is 10.0 Å². The molecule has 0 aromatic heterocycles. The van der Waals surface area contributed by atoms with Gasteiger partial charge in [-0.25, -0.2) is 8.42 Å². The molecule has 198 valence electrons. The van der Waals surface area contributed by atoms with Crippen LogP contribution in [0.5, 0.6) is 5.75 Å². The minimum Gasteiger partial charge on any atom is -0.494 e. The van der Waals surface area contributed by atoms with E-state index in [1.165, 1.54) is 28.5 Å². The Bertz CT molecular complexity index is 1480. The summed E-state index contributed by atoms with van der Waals surface area (Å²) in [6, 6.07) is 27.6. The van der Waals surface area contributed by atoms with E-state index in [2.05, 4.69) is 52.4 Å². The highest BCUT2D eigenvalue weighted by Crippen LogP contribution is 2.27. The van der Waals surface area contributed by atoms with Gasteiger partial charge in [0, 0.05) is 11.0 Å². The summed E-state index contributed by atoms with van der Waals surface area (Å²) in [5.74, 6) is 0.417. The van der Waals surface area contributed by atoms with E-state index in [4.69, 9.17) is 4.74 Å². The molecule has 4 aromatic rings. The van der Waals surface area contributed by atoms with E-state index >= 15 is 0 Å². The number of halogens is 1. The lowest BCUT2D eigenvalue weighted by Crippen LogP contribution is -2.42. The number of carbonyl (C=O) groups excluding carboxylic acids is 1. The van der Waals surface area contributed by atoms with Crippen LogP contribution in [0.15, 0.2) is 100 Å². The Morgan fingerprint density at radius 1 is 0.947 bits per heavy atom. The SMILES string of the molecule is CCOc1ccc(N(CC(=O)NCC(C)Cc2cccc3ccccc23)S(=O)(=O)c2ccc(Br)cc2)cc1. The van der Waals surface area contributed by atoms with Gasteiger partial charge >= 0.3 is 0 Å². The first-order chi connectivity index (χ1) is 18.3. The van der Waals surface area contributed by atoms with E-state index in [1.807, 2.05) is 25.1 Å². The fourth-order valence-corrected chi connectivity index (χ4v) is 6.00. The van der Waals surface area contributed by atoms with Crippen LogP contribution < -0.4 is 14.4 Å².